The smallest absolute Gasteiger partial charge is 0.337 e. The fraction of sp³-hybridized carbons (Fsp3) is 0.300. The maximum absolute atomic E-state index is 11.2. The normalized spacial score (nSPS) is 9.85. The molecule has 1 rings (SSSR count). The monoisotopic (exact) mass is 242 g/mol. The van der Waals surface area contributed by atoms with E-state index in [1.54, 1.807) is 0 Å². The van der Waals surface area contributed by atoms with Crippen molar-refractivity contribution in [1.29, 1.82) is 0 Å². The van der Waals surface area contributed by atoms with E-state index in [2.05, 4.69) is 20.7 Å². The SMILES string of the molecule is COC(=O)c1cc(C)c(Br)c(C)c1. The second-order valence-corrected chi connectivity index (χ2v) is 3.71. The van der Waals surface area contributed by atoms with Crippen LogP contribution < -0.4 is 0 Å². The zero-order valence-electron chi connectivity index (χ0n) is 7.85. The summed E-state index contributed by atoms with van der Waals surface area (Å²) in [6.07, 6.45) is 0. The maximum atomic E-state index is 11.2. The van der Waals surface area contributed by atoms with Crippen LogP contribution >= 0.6 is 15.9 Å². The quantitative estimate of drug-likeness (QED) is 0.709. The molecule has 0 heterocycles. The van der Waals surface area contributed by atoms with Crippen molar-refractivity contribution in [2.45, 2.75) is 13.8 Å². The zero-order chi connectivity index (χ0) is 10.0. The highest BCUT2D eigenvalue weighted by molar-refractivity contribution is 9.10. The topological polar surface area (TPSA) is 26.3 Å². The standard InChI is InChI=1S/C10H11BrO2/c1-6-4-8(10(12)13-3)5-7(2)9(6)11/h4-5H,1-3H3. The van der Waals surface area contributed by atoms with Gasteiger partial charge in [0.1, 0.15) is 0 Å². The molecule has 0 aromatic heterocycles. The molecule has 1 aromatic carbocycles. The summed E-state index contributed by atoms with van der Waals surface area (Å²) in [5.74, 6) is -0.293. The van der Waals surface area contributed by atoms with Crippen molar-refractivity contribution >= 4 is 21.9 Å². The number of rotatable bonds is 1. The first kappa shape index (κ1) is 10.3. The first-order valence-corrected chi connectivity index (χ1v) is 4.70. The van der Waals surface area contributed by atoms with Gasteiger partial charge in [0, 0.05) is 4.47 Å². The van der Waals surface area contributed by atoms with E-state index in [9.17, 15) is 4.79 Å². The third-order valence-electron chi connectivity index (χ3n) is 1.86. The van der Waals surface area contributed by atoms with Gasteiger partial charge in [0.15, 0.2) is 0 Å². The third-order valence-corrected chi connectivity index (χ3v) is 3.11. The lowest BCUT2D eigenvalue weighted by molar-refractivity contribution is 0.0600. The van der Waals surface area contributed by atoms with Gasteiger partial charge in [-0.25, -0.2) is 4.79 Å². The van der Waals surface area contributed by atoms with Gasteiger partial charge in [-0.15, -0.1) is 0 Å². The van der Waals surface area contributed by atoms with Gasteiger partial charge >= 0.3 is 5.97 Å². The molecule has 0 bridgehead atoms. The Morgan fingerprint density at radius 1 is 1.31 bits per heavy atom. The summed E-state index contributed by atoms with van der Waals surface area (Å²) in [5, 5.41) is 0. The fourth-order valence-electron chi connectivity index (χ4n) is 1.18. The highest BCUT2D eigenvalue weighted by Gasteiger charge is 2.08. The van der Waals surface area contributed by atoms with Crippen molar-refractivity contribution in [2.75, 3.05) is 7.11 Å². The Morgan fingerprint density at radius 3 is 2.15 bits per heavy atom. The second kappa shape index (κ2) is 3.92. The molecule has 0 fully saturated rings. The summed E-state index contributed by atoms with van der Waals surface area (Å²) in [7, 11) is 1.38. The molecule has 0 unspecified atom stereocenters. The highest BCUT2D eigenvalue weighted by atomic mass is 79.9. The van der Waals surface area contributed by atoms with Crippen LogP contribution in [0.2, 0.25) is 0 Å². The minimum absolute atomic E-state index is 0.293. The Kier molecular flexibility index (Phi) is 3.09. The predicted octanol–water partition coefficient (Wildman–Crippen LogP) is 2.85. The van der Waals surface area contributed by atoms with Gasteiger partial charge in [0.25, 0.3) is 0 Å². The molecule has 0 saturated heterocycles. The molecule has 70 valence electrons. The van der Waals surface area contributed by atoms with Crippen molar-refractivity contribution in [3.63, 3.8) is 0 Å². The van der Waals surface area contributed by atoms with E-state index in [4.69, 9.17) is 0 Å². The van der Waals surface area contributed by atoms with Gasteiger partial charge in [0.2, 0.25) is 0 Å². The molecule has 1 aromatic rings. The van der Waals surface area contributed by atoms with Crippen LogP contribution in [-0.4, -0.2) is 13.1 Å². The summed E-state index contributed by atoms with van der Waals surface area (Å²) in [4.78, 5) is 11.2. The van der Waals surface area contributed by atoms with Crippen LogP contribution in [0.15, 0.2) is 16.6 Å². The predicted molar refractivity (Wildman–Crippen MR) is 55.0 cm³/mol. The van der Waals surface area contributed by atoms with Crippen LogP contribution in [0.25, 0.3) is 0 Å². The molecule has 0 aliphatic carbocycles. The number of hydrogen-bond acceptors (Lipinski definition) is 2. The molecule has 0 saturated carbocycles. The summed E-state index contributed by atoms with van der Waals surface area (Å²) >= 11 is 3.43. The average molecular weight is 243 g/mol. The van der Waals surface area contributed by atoms with Gasteiger partial charge in [-0.2, -0.15) is 0 Å². The molecule has 0 amide bonds. The Morgan fingerprint density at radius 2 is 1.77 bits per heavy atom. The van der Waals surface area contributed by atoms with Crippen LogP contribution in [0.1, 0.15) is 21.5 Å². The molecule has 0 N–H and O–H groups in total. The fourth-order valence-corrected chi connectivity index (χ4v) is 1.41. The highest BCUT2D eigenvalue weighted by Crippen LogP contribution is 2.22. The van der Waals surface area contributed by atoms with Crippen LogP contribution in [0, 0.1) is 13.8 Å². The van der Waals surface area contributed by atoms with E-state index < -0.39 is 0 Å². The lowest BCUT2D eigenvalue weighted by Gasteiger charge is -2.05. The molecule has 0 spiro atoms. The number of halogens is 1. The molecule has 2 nitrogen and oxygen atoms in total. The first-order valence-electron chi connectivity index (χ1n) is 3.91. The van der Waals surface area contributed by atoms with Crippen molar-refractivity contribution in [2.24, 2.45) is 0 Å². The number of carbonyl (C=O) groups excluding carboxylic acids is 1. The summed E-state index contributed by atoms with van der Waals surface area (Å²) < 4.78 is 5.67. The van der Waals surface area contributed by atoms with E-state index in [0.717, 1.165) is 15.6 Å². The van der Waals surface area contributed by atoms with Gasteiger partial charge < -0.3 is 4.74 Å². The molecular formula is C10H11BrO2. The number of benzene rings is 1. The van der Waals surface area contributed by atoms with Crippen LogP contribution in [0.5, 0.6) is 0 Å². The largest absolute Gasteiger partial charge is 0.465 e. The number of ether oxygens (including phenoxy) is 1. The number of aryl methyl sites for hydroxylation is 2. The van der Waals surface area contributed by atoms with Crippen molar-refractivity contribution < 1.29 is 9.53 Å². The molecular weight excluding hydrogens is 232 g/mol. The Hall–Kier alpha value is -0.830. The Balaban J connectivity index is 3.20. The van der Waals surface area contributed by atoms with Crippen molar-refractivity contribution in [3.05, 3.63) is 33.3 Å². The van der Waals surface area contributed by atoms with E-state index in [1.165, 1.54) is 7.11 Å². The molecule has 0 aliphatic rings. The van der Waals surface area contributed by atoms with E-state index in [-0.39, 0.29) is 5.97 Å². The molecule has 3 heteroatoms. The van der Waals surface area contributed by atoms with Gasteiger partial charge in [-0.3, -0.25) is 0 Å². The summed E-state index contributed by atoms with van der Waals surface area (Å²) in [5.41, 5.74) is 2.68. The zero-order valence-corrected chi connectivity index (χ0v) is 9.44. The number of hydrogen-bond donors (Lipinski definition) is 0. The molecule has 0 atom stereocenters. The first-order chi connectivity index (χ1) is 6.06. The van der Waals surface area contributed by atoms with Crippen molar-refractivity contribution in [1.82, 2.24) is 0 Å². The molecule has 13 heavy (non-hydrogen) atoms. The Bertz CT molecular complexity index is 322. The van der Waals surface area contributed by atoms with Crippen molar-refractivity contribution in [3.8, 4) is 0 Å². The third kappa shape index (κ3) is 2.10. The average Bonchev–Trinajstić information content (AvgIpc) is 2.12. The molecule has 0 aliphatic heterocycles. The van der Waals surface area contributed by atoms with Gasteiger partial charge in [0.05, 0.1) is 12.7 Å². The van der Waals surface area contributed by atoms with Crippen LogP contribution in [0.3, 0.4) is 0 Å². The lowest BCUT2D eigenvalue weighted by Crippen LogP contribution is -2.02. The van der Waals surface area contributed by atoms with E-state index in [0.29, 0.717) is 5.56 Å². The lowest BCUT2D eigenvalue weighted by atomic mass is 10.1. The van der Waals surface area contributed by atoms with Crippen LogP contribution in [0.4, 0.5) is 0 Å². The number of carbonyl (C=O) groups is 1. The number of methoxy groups -OCH3 is 1. The van der Waals surface area contributed by atoms with Gasteiger partial charge in [-0.05, 0) is 37.1 Å². The second-order valence-electron chi connectivity index (χ2n) is 2.92. The summed E-state index contributed by atoms with van der Waals surface area (Å²) in [6, 6.07) is 3.62. The van der Waals surface area contributed by atoms with Gasteiger partial charge in [-0.1, -0.05) is 15.9 Å². The Labute approximate surface area is 86.0 Å². The van der Waals surface area contributed by atoms with E-state index in [1.807, 2.05) is 26.0 Å². The van der Waals surface area contributed by atoms with Crippen LogP contribution in [-0.2, 0) is 4.74 Å². The maximum Gasteiger partial charge on any atom is 0.337 e. The molecule has 0 radical (unpaired) electrons. The number of esters is 1. The van der Waals surface area contributed by atoms with E-state index >= 15 is 0 Å². The summed E-state index contributed by atoms with van der Waals surface area (Å²) in [6.45, 7) is 3.90. The minimum Gasteiger partial charge on any atom is -0.465 e. The minimum atomic E-state index is -0.293.